The van der Waals surface area contributed by atoms with E-state index in [1.165, 1.54) is 56.9 Å². The van der Waals surface area contributed by atoms with Gasteiger partial charge in [0.05, 0.1) is 0 Å². The minimum Gasteiger partial charge on any atom is -0.294 e. The van der Waals surface area contributed by atoms with Crippen LogP contribution >= 0.6 is 0 Å². The number of ketones is 1. The van der Waals surface area contributed by atoms with E-state index in [4.69, 9.17) is 0 Å². The Kier molecular flexibility index (Phi) is 6.49. The van der Waals surface area contributed by atoms with Gasteiger partial charge in [-0.3, -0.25) is 4.79 Å². The summed E-state index contributed by atoms with van der Waals surface area (Å²) in [5.41, 5.74) is 4.08. The van der Waals surface area contributed by atoms with Gasteiger partial charge in [0.15, 0.2) is 5.78 Å². The summed E-state index contributed by atoms with van der Waals surface area (Å²) in [5, 5.41) is 0. The standard InChI is InChI=1S/C26H40O/c1-18(2)8-6-9-19(3)23-14-15-24-22(10-7-17-26(23,24)5)12-11-21-13-16-25(27)20(21)4/h11-12,18-19,23-24H,4,6-10,13-17H2,1-3,5H3/b21-11-,22-12+. The highest BCUT2D eigenvalue weighted by molar-refractivity contribution is 6.02. The molecule has 3 saturated carbocycles. The van der Waals surface area contributed by atoms with Crippen molar-refractivity contribution in [3.05, 3.63) is 35.5 Å². The van der Waals surface area contributed by atoms with Crippen molar-refractivity contribution < 1.29 is 4.79 Å². The van der Waals surface area contributed by atoms with Crippen LogP contribution in [0, 0.1) is 29.1 Å². The van der Waals surface area contributed by atoms with Gasteiger partial charge in [-0.1, -0.05) is 71.3 Å². The lowest BCUT2D eigenvalue weighted by Crippen LogP contribution is -2.36. The molecule has 150 valence electrons. The van der Waals surface area contributed by atoms with Crippen molar-refractivity contribution in [2.24, 2.45) is 29.1 Å². The first-order valence-corrected chi connectivity index (χ1v) is 11.4. The van der Waals surface area contributed by atoms with Gasteiger partial charge in [-0.05, 0) is 73.2 Å². The summed E-state index contributed by atoms with van der Waals surface area (Å²) >= 11 is 0. The molecule has 27 heavy (non-hydrogen) atoms. The second-order valence-electron chi connectivity index (χ2n) is 10.2. The number of allylic oxidation sites excluding steroid dienone is 5. The molecule has 0 N–H and O–H groups in total. The summed E-state index contributed by atoms with van der Waals surface area (Å²) in [6.45, 7) is 13.8. The minimum absolute atomic E-state index is 0.240. The number of carbonyl (C=O) groups excluding carboxylic acids is 1. The van der Waals surface area contributed by atoms with E-state index in [1.807, 2.05) is 0 Å². The van der Waals surface area contributed by atoms with Gasteiger partial charge in [0.25, 0.3) is 0 Å². The molecule has 0 aliphatic heterocycles. The van der Waals surface area contributed by atoms with Crippen molar-refractivity contribution in [1.29, 1.82) is 0 Å². The molecule has 0 radical (unpaired) electrons. The van der Waals surface area contributed by atoms with E-state index in [2.05, 4.69) is 46.4 Å². The molecule has 0 saturated heterocycles. The van der Waals surface area contributed by atoms with Gasteiger partial charge in [-0.15, -0.1) is 0 Å². The fourth-order valence-corrected chi connectivity index (χ4v) is 6.38. The first-order chi connectivity index (χ1) is 12.8. The Labute approximate surface area is 167 Å². The molecule has 0 aromatic rings. The third-order valence-corrected chi connectivity index (χ3v) is 8.01. The van der Waals surface area contributed by atoms with Crippen LogP contribution in [0.4, 0.5) is 0 Å². The SMILES string of the molecule is C=C1C(=O)CC/C1=C/C=C1\CCCC2(C)C1CCC2C(C)CCCC(C)C. The van der Waals surface area contributed by atoms with Gasteiger partial charge in [-0.25, -0.2) is 0 Å². The third kappa shape index (κ3) is 4.33. The zero-order valence-electron chi connectivity index (χ0n) is 18.2. The van der Waals surface area contributed by atoms with Crippen LogP contribution in [-0.2, 0) is 4.79 Å². The van der Waals surface area contributed by atoms with E-state index < -0.39 is 0 Å². The summed E-state index contributed by atoms with van der Waals surface area (Å²) in [6, 6.07) is 0. The number of fused-ring (bicyclic) bond motifs is 1. The highest BCUT2D eigenvalue weighted by Gasteiger charge is 2.50. The van der Waals surface area contributed by atoms with Crippen LogP contribution in [0.1, 0.15) is 91.9 Å². The third-order valence-electron chi connectivity index (χ3n) is 8.01. The van der Waals surface area contributed by atoms with Crippen LogP contribution in [0.2, 0.25) is 0 Å². The predicted octanol–water partition coefficient (Wildman–Crippen LogP) is 7.44. The van der Waals surface area contributed by atoms with Gasteiger partial charge in [-0.2, -0.15) is 0 Å². The van der Waals surface area contributed by atoms with Crippen molar-refractivity contribution in [2.75, 3.05) is 0 Å². The maximum atomic E-state index is 11.8. The molecule has 3 rings (SSSR count). The zero-order valence-corrected chi connectivity index (χ0v) is 18.2. The summed E-state index contributed by atoms with van der Waals surface area (Å²) in [6.07, 6.45) is 17.1. The first-order valence-electron chi connectivity index (χ1n) is 11.4. The lowest BCUT2D eigenvalue weighted by Gasteiger charge is -2.44. The van der Waals surface area contributed by atoms with E-state index >= 15 is 0 Å². The van der Waals surface area contributed by atoms with Gasteiger partial charge in [0.2, 0.25) is 0 Å². The van der Waals surface area contributed by atoms with Gasteiger partial charge in [0, 0.05) is 12.0 Å². The van der Waals surface area contributed by atoms with E-state index in [-0.39, 0.29) is 5.78 Å². The molecule has 4 unspecified atom stereocenters. The van der Waals surface area contributed by atoms with Crippen LogP contribution in [0.15, 0.2) is 35.5 Å². The van der Waals surface area contributed by atoms with Crippen molar-refractivity contribution in [2.45, 2.75) is 91.9 Å². The lowest BCUT2D eigenvalue weighted by molar-refractivity contribution is -0.114. The van der Waals surface area contributed by atoms with E-state index in [0.29, 0.717) is 11.8 Å². The van der Waals surface area contributed by atoms with Crippen LogP contribution in [0.3, 0.4) is 0 Å². The van der Waals surface area contributed by atoms with Crippen molar-refractivity contribution in [3.63, 3.8) is 0 Å². The molecule has 3 fully saturated rings. The number of carbonyl (C=O) groups is 1. The average Bonchev–Trinajstić information content (AvgIpc) is 3.13. The smallest absolute Gasteiger partial charge is 0.162 e. The summed E-state index contributed by atoms with van der Waals surface area (Å²) in [5.74, 6) is 3.56. The Bertz CT molecular complexity index is 635. The highest BCUT2D eigenvalue weighted by Crippen LogP contribution is 2.59. The van der Waals surface area contributed by atoms with E-state index in [0.717, 1.165) is 35.7 Å². The molecule has 0 bridgehead atoms. The largest absolute Gasteiger partial charge is 0.294 e. The first kappa shape index (κ1) is 20.6. The number of hydrogen-bond donors (Lipinski definition) is 0. The molecule has 3 aliphatic carbocycles. The fourth-order valence-electron chi connectivity index (χ4n) is 6.38. The van der Waals surface area contributed by atoms with Crippen LogP contribution in [-0.4, -0.2) is 5.78 Å². The fraction of sp³-hybridized carbons (Fsp3) is 0.731. The molecule has 1 nitrogen and oxygen atoms in total. The van der Waals surface area contributed by atoms with Gasteiger partial charge >= 0.3 is 0 Å². The van der Waals surface area contributed by atoms with Crippen molar-refractivity contribution in [1.82, 2.24) is 0 Å². The van der Waals surface area contributed by atoms with Gasteiger partial charge < -0.3 is 0 Å². The Morgan fingerprint density at radius 2 is 1.89 bits per heavy atom. The topological polar surface area (TPSA) is 17.1 Å². The number of Topliss-reactive ketones (excluding diaryl/α,β-unsaturated/α-hetero) is 1. The molecule has 4 atom stereocenters. The van der Waals surface area contributed by atoms with Crippen LogP contribution < -0.4 is 0 Å². The molecule has 3 aliphatic rings. The molecule has 1 heteroatoms. The maximum Gasteiger partial charge on any atom is 0.162 e. The second kappa shape index (κ2) is 8.50. The Balaban J connectivity index is 1.70. The Hall–Kier alpha value is -1.11. The van der Waals surface area contributed by atoms with Crippen LogP contribution in [0.25, 0.3) is 0 Å². The van der Waals surface area contributed by atoms with Crippen LogP contribution in [0.5, 0.6) is 0 Å². The molecule has 0 amide bonds. The minimum atomic E-state index is 0.240. The highest BCUT2D eigenvalue weighted by atomic mass is 16.1. The predicted molar refractivity (Wildman–Crippen MR) is 116 cm³/mol. The maximum absolute atomic E-state index is 11.8. The van der Waals surface area contributed by atoms with E-state index in [9.17, 15) is 4.79 Å². The second-order valence-corrected chi connectivity index (χ2v) is 10.2. The Morgan fingerprint density at radius 1 is 1.11 bits per heavy atom. The summed E-state index contributed by atoms with van der Waals surface area (Å²) in [4.78, 5) is 11.8. The normalized spacial score (nSPS) is 35.4. The molecule has 0 heterocycles. The molecule has 0 aromatic carbocycles. The Morgan fingerprint density at radius 3 is 2.56 bits per heavy atom. The summed E-state index contributed by atoms with van der Waals surface area (Å²) in [7, 11) is 0. The van der Waals surface area contributed by atoms with Crippen molar-refractivity contribution in [3.8, 4) is 0 Å². The molecule has 0 spiro atoms. The average molecular weight is 369 g/mol. The monoisotopic (exact) mass is 368 g/mol. The zero-order chi connectivity index (χ0) is 19.6. The molecular formula is C26H40O. The van der Waals surface area contributed by atoms with E-state index in [1.54, 1.807) is 5.57 Å². The van der Waals surface area contributed by atoms with Gasteiger partial charge in [0.1, 0.15) is 0 Å². The van der Waals surface area contributed by atoms with Crippen molar-refractivity contribution >= 4 is 5.78 Å². The number of hydrogen-bond acceptors (Lipinski definition) is 1. The quantitative estimate of drug-likeness (QED) is 0.445. The lowest BCUT2D eigenvalue weighted by atomic mass is 9.60. The summed E-state index contributed by atoms with van der Waals surface area (Å²) < 4.78 is 0. The number of rotatable bonds is 6. The molecule has 0 aromatic heterocycles. The molecular weight excluding hydrogens is 328 g/mol.